The normalized spacial score (nSPS) is 11.9. The predicted octanol–water partition coefficient (Wildman–Crippen LogP) is 1.16. The second kappa shape index (κ2) is 6.12. The minimum atomic E-state index is -0.0803. The van der Waals surface area contributed by atoms with Gasteiger partial charge >= 0.3 is 0 Å². The Balaban J connectivity index is 2.46. The molecule has 0 bridgehead atoms. The van der Waals surface area contributed by atoms with Gasteiger partial charge in [-0.05, 0) is 37.6 Å². The number of hydrogen-bond acceptors (Lipinski definition) is 3. The summed E-state index contributed by atoms with van der Waals surface area (Å²) in [5, 5.41) is 2.81. The maximum absolute atomic E-state index is 11.6. The van der Waals surface area contributed by atoms with E-state index in [9.17, 15) is 4.79 Å². The highest BCUT2D eigenvalue weighted by atomic mass is 16.5. The number of nitrogens with one attached hydrogen (secondary N) is 1. The van der Waals surface area contributed by atoms with E-state index in [-0.39, 0.29) is 11.9 Å². The van der Waals surface area contributed by atoms with E-state index in [0.29, 0.717) is 12.1 Å². The number of ether oxygens (including phenoxy) is 1. The van der Waals surface area contributed by atoms with E-state index in [1.165, 1.54) is 0 Å². The lowest BCUT2D eigenvalue weighted by molar-refractivity contribution is 0.0953. The Bertz CT molecular complexity index is 333. The molecule has 1 amide bonds. The molecule has 0 fully saturated rings. The van der Waals surface area contributed by atoms with Crippen molar-refractivity contribution in [2.75, 3.05) is 13.7 Å². The molecule has 88 valence electrons. The number of benzene rings is 1. The molecule has 0 heterocycles. The standard InChI is InChI=1S/C12H18N2O2/c1-9(13)7-8-14-12(15)10-3-5-11(16-2)6-4-10/h3-6,9H,7-8,13H2,1-2H3,(H,14,15). The lowest BCUT2D eigenvalue weighted by atomic mass is 10.2. The quantitative estimate of drug-likeness (QED) is 0.785. The monoisotopic (exact) mass is 222 g/mol. The number of hydrogen-bond donors (Lipinski definition) is 2. The Hall–Kier alpha value is -1.55. The van der Waals surface area contributed by atoms with Gasteiger partial charge in [0.25, 0.3) is 5.91 Å². The Morgan fingerprint density at radius 3 is 2.56 bits per heavy atom. The second-order valence-corrected chi connectivity index (χ2v) is 3.75. The van der Waals surface area contributed by atoms with E-state index < -0.39 is 0 Å². The van der Waals surface area contributed by atoms with E-state index in [2.05, 4.69) is 5.32 Å². The molecule has 16 heavy (non-hydrogen) atoms. The zero-order valence-corrected chi connectivity index (χ0v) is 9.69. The highest BCUT2D eigenvalue weighted by Crippen LogP contribution is 2.10. The number of carbonyl (C=O) groups excluding carboxylic acids is 1. The first kappa shape index (κ1) is 12.5. The van der Waals surface area contributed by atoms with Crippen molar-refractivity contribution in [1.82, 2.24) is 5.32 Å². The molecule has 4 heteroatoms. The molecule has 1 rings (SSSR count). The Morgan fingerprint density at radius 1 is 1.44 bits per heavy atom. The highest BCUT2D eigenvalue weighted by Gasteiger charge is 2.04. The van der Waals surface area contributed by atoms with Gasteiger partial charge in [-0.15, -0.1) is 0 Å². The van der Waals surface area contributed by atoms with Crippen LogP contribution in [0.25, 0.3) is 0 Å². The minimum absolute atomic E-state index is 0.0803. The van der Waals surface area contributed by atoms with Crippen molar-refractivity contribution in [3.05, 3.63) is 29.8 Å². The SMILES string of the molecule is COc1ccc(C(=O)NCCC(C)N)cc1. The number of amides is 1. The largest absolute Gasteiger partial charge is 0.497 e. The van der Waals surface area contributed by atoms with Crippen LogP contribution in [-0.2, 0) is 0 Å². The fourth-order valence-corrected chi connectivity index (χ4v) is 1.26. The molecule has 1 atom stereocenters. The molecule has 0 radical (unpaired) electrons. The summed E-state index contributed by atoms with van der Waals surface area (Å²) in [6.45, 7) is 2.52. The first-order chi connectivity index (χ1) is 7.63. The molecule has 0 aliphatic heterocycles. The second-order valence-electron chi connectivity index (χ2n) is 3.75. The van der Waals surface area contributed by atoms with Crippen LogP contribution in [0.1, 0.15) is 23.7 Å². The van der Waals surface area contributed by atoms with Crippen LogP contribution in [0.5, 0.6) is 5.75 Å². The van der Waals surface area contributed by atoms with Gasteiger partial charge in [0.1, 0.15) is 5.75 Å². The highest BCUT2D eigenvalue weighted by molar-refractivity contribution is 5.94. The Labute approximate surface area is 95.8 Å². The maximum Gasteiger partial charge on any atom is 0.251 e. The molecule has 3 N–H and O–H groups in total. The zero-order valence-electron chi connectivity index (χ0n) is 9.69. The smallest absolute Gasteiger partial charge is 0.251 e. The molecule has 0 saturated heterocycles. The van der Waals surface area contributed by atoms with Crippen LogP contribution in [0.3, 0.4) is 0 Å². The first-order valence-corrected chi connectivity index (χ1v) is 5.31. The van der Waals surface area contributed by atoms with Gasteiger partial charge in [0, 0.05) is 18.2 Å². The third-order valence-corrected chi connectivity index (χ3v) is 2.24. The van der Waals surface area contributed by atoms with Crippen LogP contribution in [0, 0.1) is 0 Å². The molecule has 0 spiro atoms. The molecule has 1 unspecified atom stereocenters. The number of carbonyl (C=O) groups is 1. The summed E-state index contributed by atoms with van der Waals surface area (Å²) in [6, 6.07) is 7.11. The van der Waals surface area contributed by atoms with Gasteiger partial charge in [0.2, 0.25) is 0 Å². The Kier molecular flexibility index (Phi) is 4.79. The van der Waals surface area contributed by atoms with Crippen LogP contribution >= 0.6 is 0 Å². The number of rotatable bonds is 5. The lowest BCUT2D eigenvalue weighted by Crippen LogP contribution is -2.28. The van der Waals surface area contributed by atoms with Crippen LogP contribution in [-0.4, -0.2) is 25.6 Å². The fraction of sp³-hybridized carbons (Fsp3) is 0.417. The van der Waals surface area contributed by atoms with Crippen molar-refractivity contribution in [3.8, 4) is 5.75 Å². The average molecular weight is 222 g/mol. The summed E-state index contributed by atoms with van der Waals surface area (Å²) in [5.41, 5.74) is 6.22. The van der Waals surface area contributed by atoms with Gasteiger partial charge in [-0.2, -0.15) is 0 Å². The van der Waals surface area contributed by atoms with E-state index >= 15 is 0 Å². The van der Waals surface area contributed by atoms with Gasteiger partial charge in [0.15, 0.2) is 0 Å². The first-order valence-electron chi connectivity index (χ1n) is 5.31. The summed E-state index contributed by atoms with van der Waals surface area (Å²) in [4.78, 5) is 11.6. The van der Waals surface area contributed by atoms with Gasteiger partial charge in [-0.1, -0.05) is 0 Å². The number of methoxy groups -OCH3 is 1. The van der Waals surface area contributed by atoms with Gasteiger partial charge < -0.3 is 15.8 Å². The third-order valence-electron chi connectivity index (χ3n) is 2.24. The third kappa shape index (κ3) is 3.90. The fourth-order valence-electron chi connectivity index (χ4n) is 1.26. The molecule has 1 aromatic rings. The molecule has 4 nitrogen and oxygen atoms in total. The van der Waals surface area contributed by atoms with Gasteiger partial charge in [0.05, 0.1) is 7.11 Å². The van der Waals surface area contributed by atoms with Crippen molar-refractivity contribution in [2.24, 2.45) is 5.73 Å². The maximum atomic E-state index is 11.6. The van der Waals surface area contributed by atoms with Crippen molar-refractivity contribution in [1.29, 1.82) is 0 Å². The molecular formula is C12H18N2O2. The molecule has 0 aliphatic carbocycles. The van der Waals surface area contributed by atoms with Crippen LogP contribution < -0.4 is 15.8 Å². The average Bonchev–Trinajstić information content (AvgIpc) is 2.28. The molecular weight excluding hydrogens is 204 g/mol. The van der Waals surface area contributed by atoms with Crippen LogP contribution in [0.2, 0.25) is 0 Å². The van der Waals surface area contributed by atoms with E-state index in [1.54, 1.807) is 31.4 Å². The topological polar surface area (TPSA) is 64.3 Å². The molecule has 0 aromatic heterocycles. The van der Waals surface area contributed by atoms with E-state index in [4.69, 9.17) is 10.5 Å². The van der Waals surface area contributed by atoms with Crippen molar-refractivity contribution in [2.45, 2.75) is 19.4 Å². The van der Waals surface area contributed by atoms with Crippen LogP contribution in [0.15, 0.2) is 24.3 Å². The summed E-state index contributed by atoms with van der Waals surface area (Å²) < 4.78 is 5.01. The van der Waals surface area contributed by atoms with Crippen LogP contribution in [0.4, 0.5) is 0 Å². The predicted molar refractivity (Wildman–Crippen MR) is 63.6 cm³/mol. The molecule has 0 aliphatic rings. The summed E-state index contributed by atoms with van der Waals surface area (Å²) in [6.07, 6.45) is 0.780. The Morgan fingerprint density at radius 2 is 2.06 bits per heavy atom. The lowest BCUT2D eigenvalue weighted by Gasteiger charge is -2.07. The van der Waals surface area contributed by atoms with Gasteiger partial charge in [-0.25, -0.2) is 0 Å². The molecule has 0 saturated carbocycles. The van der Waals surface area contributed by atoms with Crippen molar-refractivity contribution in [3.63, 3.8) is 0 Å². The van der Waals surface area contributed by atoms with Crippen molar-refractivity contribution >= 4 is 5.91 Å². The van der Waals surface area contributed by atoms with Crippen molar-refractivity contribution < 1.29 is 9.53 Å². The summed E-state index contributed by atoms with van der Waals surface area (Å²) in [7, 11) is 1.59. The zero-order chi connectivity index (χ0) is 12.0. The minimum Gasteiger partial charge on any atom is -0.497 e. The molecule has 1 aromatic carbocycles. The van der Waals surface area contributed by atoms with Gasteiger partial charge in [-0.3, -0.25) is 4.79 Å². The number of nitrogens with two attached hydrogens (primary N) is 1. The summed E-state index contributed by atoms with van der Waals surface area (Å²) >= 11 is 0. The van der Waals surface area contributed by atoms with E-state index in [0.717, 1.165) is 12.2 Å². The summed E-state index contributed by atoms with van der Waals surface area (Å²) in [5.74, 6) is 0.662. The van der Waals surface area contributed by atoms with E-state index in [1.807, 2.05) is 6.92 Å².